The minimum atomic E-state index is -4.58. The maximum Gasteiger partial charge on any atom is 0.322 e. The molecule has 0 aliphatic heterocycles. The highest BCUT2D eigenvalue weighted by Crippen LogP contribution is 2.25. The van der Waals surface area contributed by atoms with Gasteiger partial charge < -0.3 is 0 Å². The van der Waals surface area contributed by atoms with Crippen LogP contribution in [0, 0.1) is 0 Å². The molecule has 11 heavy (non-hydrogen) atoms. The van der Waals surface area contributed by atoms with E-state index in [0.717, 1.165) is 0 Å². The van der Waals surface area contributed by atoms with Crippen molar-refractivity contribution >= 4 is 19.7 Å². The predicted octanol–water partition coefficient (Wildman–Crippen LogP) is 1.46. The molecule has 0 aromatic rings. The molecule has 0 aromatic carbocycles. The van der Waals surface area contributed by atoms with Gasteiger partial charge in [-0.05, 0) is 0 Å². The molecule has 0 rings (SSSR count). The van der Waals surface area contributed by atoms with Gasteiger partial charge in [0, 0.05) is 10.7 Å². The standard InChI is InChI=1S/C3H3ClF4O2S/c4-11(9,10)1-3(7,8)2(5)6/h2H,1H2. The van der Waals surface area contributed by atoms with Crippen LogP contribution in [0.25, 0.3) is 0 Å². The summed E-state index contributed by atoms with van der Waals surface area (Å²) >= 11 is 0. The van der Waals surface area contributed by atoms with E-state index in [1.54, 1.807) is 0 Å². The lowest BCUT2D eigenvalue weighted by atomic mass is 10.4. The zero-order valence-corrected chi connectivity index (χ0v) is 6.47. The van der Waals surface area contributed by atoms with Gasteiger partial charge in [-0.3, -0.25) is 0 Å². The summed E-state index contributed by atoms with van der Waals surface area (Å²) < 4.78 is 66.0. The molecule has 0 aromatic heterocycles. The Balaban J connectivity index is 4.38. The zero-order valence-electron chi connectivity index (χ0n) is 4.90. The van der Waals surface area contributed by atoms with E-state index < -0.39 is 27.2 Å². The Hall–Kier alpha value is -0.0400. The Labute approximate surface area is 64.6 Å². The monoisotopic (exact) mass is 214 g/mol. The molecule has 0 aliphatic carbocycles. The fourth-order valence-corrected chi connectivity index (χ4v) is 1.31. The van der Waals surface area contributed by atoms with Crippen LogP contribution in [-0.4, -0.2) is 26.5 Å². The van der Waals surface area contributed by atoms with Gasteiger partial charge in [0.15, 0.2) is 0 Å². The van der Waals surface area contributed by atoms with E-state index in [1.807, 2.05) is 0 Å². The fourth-order valence-electron chi connectivity index (χ4n) is 0.293. The molecule has 0 fully saturated rings. The van der Waals surface area contributed by atoms with Crippen LogP contribution in [0.4, 0.5) is 17.6 Å². The van der Waals surface area contributed by atoms with Crippen LogP contribution >= 0.6 is 10.7 Å². The van der Waals surface area contributed by atoms with Crippen LogP contribution in [-0.2, 0) is 9.05 Å². The van der Waals surface area contributed by atoms with E-state index in [9.17, 15) is 26.0 Å². The van der Waals surface area contributed by atoms with Gasteiger partial charge in [0.2, 0.25) is 9.05 Å². The first-order valence-corrected chi connectivity index (χ1v) is 4.71. The first-order valence-electron chi connectivity index (χ1n) is 2.23. The topological polar surface area (TPSA) is 34.1 Å². The molecular formula is C3H3ClF4O2S. The van der Waals surface area contributed by atoms with E-state index in [1.165, 1.54) is 0 Å². The van der Waals surface area contributed by atoms with Gasteiger partial charge in [-0.2, -0.15) is 8.78 Å². The van der Waals surface area contributed by atoms with Crippen LogP contribution in [0.2, 0.25) is 0 Å². The Bertz CT molecular complexity index is 223. The van der Waals surface area contributed by atoms with Crippen LogP contribution in [0.5, 0.6) is 0 Å². The third-order valence-electron chi connectivity index (χ3n) is 0.684. The second-order valence-corrected chi connectivity index (χ2v) is 4.52. The molecule has 0 saturated carbocycles. The van der Waals surface area contributed by atoms with Crippen molar-refractivity contribution in [1.82, 2.24) is 0 Å². The third-order valence-corrected chi connectivity index (χ3v) is 1.74. The summed E-state index contributed by atoms with van der Waals surface area (Å²) in [4.78, 5) is 0. The molecule has 0 aliphatic rings. The summed E-state index contributed by atoms with van der Waals surface area (Å²) in [6.07, 6.45) is -4.02. The largest absolute Gasteiger partial charge is 0.322 e. The molecule has 0 unspecified atom stereocenters. The van der Waals surface area contributed by atoms with E-state index in [2.05, 4.69) is 10.7 Å². The number of alkyl halides is 4. The second kappa shape index (κ2) is 3.14. The average molecular weight is 215 g/mol. The van der Waals surface area contributed by atoms with Crippen LogP contribution < -0.4 is 0 Å². The van der Waals surface area contributed by atoms with E-state index >= 15 is 0 Å². The number of rotatable bonds is 3. The van der Waals surface area contributed by atoms with Crippen molar-refractivity contribution in [2.75, 3.05) is 5.75 Å². The molecular weight excluding hydrogens is 212 g/mol. The Morgan fingerprint density at radius 2 is 1.73 bits per heavy atom. The Kier molecular flexibility index (Phi) is 3.13. The molecule has 0 atom stereocenters. The number of hydrogen-bond acceptors (Lipinski definition) is 2. The third kappa shape index (κ3) is 4.41. The first-order chi connectivity index (χ1) is 4.65. The van der Waals surface area contributed by atoms with Gasteiger partial charge in [-0.15, -0.1) is 0 Å². The second-order valence-electron chi connectivity index (χ2n) is 1.74. The van der Waals surface area contributed by atoms with E-state index in [-0.39, 0.29) is 0 Å². The Morgan fingerprint density at radius 3 is 1.82 bits per heavy atom. The minimum absolute atomic E-state index is 2.04. The molecule has 0 saturated heterocycles. The van der Waals surface area contributed by atoms with Crippen LogP contribution in [0.15, 0.2) is 0 Å². The zero-order chi connectivity index (χ0) is 9.28. The molecule has 0 heterocycles. The first kappa shape index (κ1) is 11.0. The quantitative estimate of drug-likeness (QED) is 0.527. The Morgan fingerprint density at radius 1 is 1.36 bits per heavy atom. The lowest BCUT2D eigenvalue weighted by Crippen LogP contribution is -2.33. The molecule has 0 amide bonds. The molecule has 8 heteroatoms. The molecule has 68 valence electrons. The van der Waals surface area contributed by atoms with E-state index in [4.69, 9.17) is 0 Å². The molecule has 0 bridgehead atoms. The lowest BCUT2D eigenvalue weighted by molar-refractivity contribution is -0.110. The number of halogens is 5. The van der Waals surface area contributed by atoms with Crippen molar-refractivity contribution in [3.63, 3.8) is 0 Å². The van der Waals surface area contributed by atoms with Crippen molar-refractivity contribution in [3.8, 4) is 0 Å². The summed E-state index contributed by atoms with van der Waals surface area (Å²) in [6, 6.07) is 0. The van der Waals surface area contributed by atoms with Gasteiger partial charge in [0.25, 0.3) is 0 Å². The van der Waals surface area contributed by atoms with Crippen molar-refractivity contribution in [2.24, 2.45) is 0 Å². The highest BCUT2D eigenvalue weighted by Gasteiger charge is 2.44. The van der Waals surface area contributed by atoms with Crippen molar-refractivity contribution < 1.29 is 26.0 Å². The highest BCUT2D eigenvalue weighted by molar-refractivity contribution is 8.13. The van der Waals surface area contributed by atoms with E-state index in [0.29, 0.717) is 0 Å². The summed E-state index contributed by atoms with van der Waals surface area (Å²) in [6.45, 7) is 0. The molecule has 0 N–H and O–H groups in total. The van der Waals surface area contributed by atoms with Gasteiger partial charge in [-0.1, -0.05) is 0 Å². The van der Waals surface area contributed by atoms with Gasteiger partial charge >= 0.3 is 12.3 Å². The average Bonchev–Trinajstić information content (AvgIpc) is 1.56. The maximum absolute atomic E-state index is 11.8. The highest BCUT2D eigenvalue weighted by atomic mass is 35.7. The number of hydrogen-bond donors (Lipinski definition) is 0. The minimum Gasteiger partial charge on any atom is -0.212 e. The van der Waals surface area contributed by atoms with Gasteiger partial charge in [-0.25, -0.2) is 17.2 Å². The summed E-state index contributed by atoms with van der Waals surface area (Å²) in [5.41, 5.74) is 0. The van der Waals surface area contributed by atoms with Crippen molar-refractivity contribution in [1.29, 1.82) is 0 Å². The molecule has 0 radical (unpaired) electrons. The SMILES string of the molecule is O=S(=O)(Cl)CC(F)(F)C(F)F. The fraction of sp³-hybridized carbons (Fsp3) is 1.00. The van der Waals surface area contributed by atoms with Gasteiger partial charge in [0.1, 0.15) is 5.75 Å². The van der Waals surface area contributed by atoms with Crippen LogP contribution in [0.3, 0.4) is 0 Å². The lowest BCUT2D eigenvalue weighted by Gasteiger charge is -2.11. The van der Waals surface area contributed by atoms with Crippen LogP contribution in [0.1, 0.15) is 0 Å². The summed E-state index contributed by atoms with van der Waals surface area (Å²) in [5.74, 6) is -6.61. The normalized spacial score (nSPS) is 14.0. The summed E-state index contributed by atoms with van der Waals surface area (Å²) in [5, 5.41) is 0. The predicted molar refractivity (Wildman–Crippen MR) is 30.6 cm³/mol. The smallest absolute Gasteiger partial charge is 0.212 e. The van der Waals surface area contributed by atoms with Crippen molar-refractivity contribution in [3.05, 3.63) is 0 Å². The molecule has 2 nitrogen and oxygen atoms in total. The van der Waals surface area contributed by atoms with Gasteiger partial charge in [0.05, 0.1) is 0 Å². The van der Waals surface area contributed by atoms with Crippen molar-refractivity contribution in [2.45, 2.75) is 12.3 Å². The molecule has 0 spiro atoms. The maximum atomic E-state index is 11.8. The summed E-state index contributed by atoms with van der Waals surface area (Å²) in [7, 11) is -0.264.